The fourth-order valence-electron chi connectivity index (χ4n) is 5.22. The summed E-state index contributed by atoms with van der Waals surface area (Å²) in [7, 11) is 5.46. The van der Waals surface area contributed by atoms with Crippen LogP contribution in [0.15, 0.2) is 54.3 Å². The van der Waals surface area contributed by atoms with Crippen LogP contribution in [0.25, 0.3) is 0 Å². The van der Waals surface area contributed by atoms with Gasteiger partial charge in [0.2, 0.25) is 0 Å². The molecule has 1 heterocycles. The maximum absolute atomic E-state index is 12.8. The Morgan fingerprint density at radius 3 is 2.33 bits per heavy atom. The lowest BCUT2D eigenvalue weighted by Crippen LogP contribution is -2.42. The number of fused-ring (bicyclic) bond motifs is 1. The number of likely N-dealkylation sites (tertiary alicyclic amines) is 1. The molecule has 0 spiro atoms. The van der Waals surface area contributed by atoms with Gasteiger partial charge in [-0.3, -0.25) is 4.90 Å². The lowest BCUT2D eigenvalue weighted by molar-refractivity contribution is 0.0593. The van der Waals surface area contributed by atoms with E-state index in [-0.39, 0.29) is 22.8 Å². The number of methoxy groups -OCH3 is 2. The zero-order valence-electron chi connectivity index (χ0n) is 20.6. The fourth-order valence-corrected chi connectivity index (χ4v) is 5.22. The molecule has 0 radical (unpaired) electrons. The van der Waals surface area contributed by atoms with Crippen LogP contribution in [-0.4, -0.2) is 44.7 Å². The average Bonchev–Trinajstić information content (AvgIpc) is 3.15. The second-order valence-electron chi connectivity index (χ2n) is 10.3. The lowest BCUT2D eigenvalue weighted by atomic mass is 9.68. The first-order valence-corrected chi connectivity index (χ1v) is 11.6. The van der Waals surface area contributed by atoms with Crippen LogP contribution in [-0.2, 0) is 15.6 Å². The monoisotopic (exact) mass is 449 g/mol. The summed E-state index contributed by atoms with van der Waals surface area (Å²) in [5.41, 5.74) is 3.05. The van der Waals surface area contributed by atoms with Crippen molar-refractivity contribution in [2.75, 3.05) is 27.8 Å². The van der Waals surface area contributed by atoms with Crippen molar-refractivity contribution in [1.29, 1.82) is 0 Å². The molecule has 1 aliphatic carbocycles. The number of esters is 1. The van der Waals surface area contributed by atoms with E-state index in [1.807, 2.05) is 30.3 Å². The van der Waals surface area contributed by atoms with Crippen molar-refractivity contribution >= 4 is 5.97 Å². The lowest BCUT2D eigenvalue weighted by Gasteiger charge is -2.40. The number of ether oxygens (including phenoxy) is 3. The van der Waals surface area contributed by atoms with Crippen LogP contribution in [0, 0.1) is 0 Å². The number of nitrogens with zero attached hydrogens (tertiary/aromatic N) is 1. The van der Waals surface area contributed by atoms with E-state index in [4.69, 9.17) is 14.2 Å². The Labute approximate surface area is 197 Å². The van der Waals surface area contributed by atoms with Crippen LogP contribution in [0.5, 0.6) is 11.5 Å². The van der Waals surface area contributed by atoms with E-state index in [0.29, 0.717) is 5.56 Å². The van der Waals surface area contributed by atoms with Crippen LogP contribution < -0.4 is 9.47 Å². The van der Waals surface area contributed by atoms with Gasteiger partial charge in [-0.25, -0.2) is 4.79 Å². The van der Waals surface area contributed by atoms with Gasteiger partial charge in [0.25, 0.3) is 0 Å². The first-order valence-electron chi connectivity index (χ1n) is 11.6. The van der Waals surface area contributed by atoms with Crippen molar-refractivity contribution in [1.82, 2.24) is 4.90 Å². The molecule has 0 bridgehead atoms. The molecular formula is C28H35NO4. The highest BCUT2D eigenvalue weighted by Gasteiger charge is 2.48. The predicted molar refractivity (Wildman–Crippen MR) is 130 cm³/mol. The standard InChI is InChI=1S/C28H35NO4/c1-27(2,3)20-9-7-19(8-10-20)26(30)33-22-13-14-28(15-16-29(4)25(28)18-22)21-11-12-23(31-5)24(17-21)32-6/h7-12,17-18,25H,13-16H2,1-6H3/t25-,28-/m0/s1. The number of hydrogen-bond acceptors (Lipinski definition) is 5. The Morgan fingerprint density at radius 1 is 1.00 bits per heavy atom. The molecular weight excluding hydrogens is 414 g/mol. The van der Waals surface area contributed by atoms with Gasteiger partial charge < -0.3 is 14.2 Å². The minimum atomic E-state index is -0.291. The summed E-state index contributed by atoms with van der Waals surface area (Å²) in [6.07, 6.45) is 4.84. The van der Waals surface area contributed by atoms with Crippen molar-refractivity contribution in [3.8, 4) is 11.5 Å². The van der Waals surface area contributed by atoms with Gasteiger partial charge in [0.05, 0.1) is 19.8 Å². The maximum Gasteiger partial charge on any atom is 0.343 e. The molecule has 2 aromatic carbocycles. The van der Waals surface area contributed by atoms with Gasteiger partial charge in [-0.05, 0) is 73.3 Å². The van der Waals surface area contributed by atoms with E-state index in [1.165, 1.54) is 11.1 Å². The van der Waals surface area contributed by atoms with Crippen LogP contribution in [0.4, 0.5) is 0 Å². The zero-order chi connectivity index (χ0) is 23.8. The Bertz CT molecular complexity index is 1050. The predicted octanol–water partition coefficient (Wildman–Crippen LogP) is 5.48. The summed E-state index contributed by atoms with van der Waals surface area (Å²) in [6.45, 7) is 7.48. The Balaban J connectivity index is 1.57. The first-order chi connectivity index (χ1) is 15.7. The highest BCUT2D eigenvalue weighted by atomic mass is 16.5. The maximum atomic E-state index is 12.8. The Hall–Kier alpha value is -2.79. The van der Waals surface area contributed by atoms with Crippen LogP contribution >= 0.6 is 0 Å². The normalized spacial score (nSPS) is 23.0. The molecule has 0 N–H and O–H groups in total. The van der Waals surface area contributed by atoms with E-state index in [2.05, 4.69) is 50.9 Å². The van der Waals surface area contributed by atoms with Crippen molar-refractivity contribution in [2.45, 2.75) is 56.9 Å². The number of rotatable bonds is 5. The number of hydrogen-bond donors (Lipinski definition) is 0. The summed E-state index contributed by atoms with van der Waals surface area (Å²) in [6, 6.07) is 14.2. The van der Waals surface area contributed by atoms with E-state index in [0.717, 1.165) is 43.1 Å². The third-order valence-corrected chi connectivity index (χ3v) is 7.28. The Morgan fingerprint density at radius 2 is 1.70 bits per heavy atom. The average molecular weight is 450 g/mol. The topological polar surface area (TPSA) is 48.0 Å². The van der Waals surface area contributed by atoms with Crippen molar-refractivity contribution in [3.05, 3.63) is 71.0 Å². The first kappa shape index (κ1) is 23.4. The highest BCUT2D eigenvalue weighted by Crippen LogP contribution is 2.49. The number of allylic oxidation sites excluding steroid dienone is 1. The minimum Gasteiger partial charge on any atom is -0.493 e. The largest absolute Gasteiger partial charge is 0.493 e. The second kappa shape index (κ2) is 8.86. The zero-order valence-corrected chi connectivity index (χ0v) is 20.6. The van der Waals surface area contributed by atoms with E-state index >= 15 is 0 Å². The minimum absolute atomic E-state index is 0.0292. The Kier molecular flexibility index (Phi) is 6.28. The molecule has 1 fully saturated rings. The second-order valence-corrected chi connectivity index (χ2v) is 10.3. The number of benzene rings is 2. The van der Waals surface area contributed by atoms with Gasteiger partial charge in [0, 0.05) is 17.9 Å². The molecule has 2 aliphatic rings. The number of carbonyl (C=O) groups is 1. The summed E-state index contributed by atoms with van der Waals surface area (Å²) in [5.74, 6) is 1.95. The molecule has 0 aromatic heterocycles. The third-order valence-electron chi connectivity index (χ3n) is 7.28. The van der Waals surface area contributed by atoms with Gasteiger partial charge in [0.1, 0.15) is 5.76 Å². The van der Waals surface area contributed by atoms with Crippen LogP contribution in [0.3, 0.4) is 0 Å². The molecule has 33 heavy (non-hydrogen) atoms. The van der Waals surface area contributed by atoms with Crippen LogP contribution in [0.2, 0.25) is 0 Å². The van der Waals surface area contributed by atoms with Crippen LogP contribution in [0.1, 0.15) is 61.5 Å². The molecule has 0 saturated carbocycles. The molecule has 1 aliphatic heterocycles. The van der Waals surface area contributed by atoms with Crippen molar-refractivity contribution < 1.29 is 19.0 Å². The smallest absolute Gasteiger partial charge is 0.343 e. The van der Waals surface area contributed by atoms with E-state index in [1.54, 1.807) is 14.2 Å². The van der Waals surface area contributed by atoms with Crippen molar-refractivity contribution in [3.63, 3.8) is 0 Å². The quantitative estimate of drug-likeness (QED) is 0.566. The molecule has 2 aromatic rings. The summed E-state index contributed by atoms with van der Waals surface area (Å²) < 4.78 is 16.9. The van der Waals surface area contributed by atoms with E-state index < -0.39 is 0 Å². The SMILES string of the molecule is COc1ccc([C@@]23CCC(OC(=O)c4ccc(C(C)(C)C)cc4)=C[C@@H]2N(C)CC3)cc1OC. The number of likely N-dealkylation sites (N-methyl/N-ethyl adjacent to an activating group) is 1. The highest BCUT2D eigenvalue weighted by molar-refractivity contribution is 5.90. The van der Waals surface area contributed by atoms with Gasteiger partial charge in [0.15, 0.2) is 11.5 Å². The number of carbonyl (C=O) groups excluding carboxylic acids is 1. The van der Waals surface area contributed by atoms with Gasteiger partial charge in [-0.15, -0.1) is 0 Å². The summed E-state index contributed by atoms with van der Waals surface area (Å²) >= 11 is 0. The molecule has 5 nitrogen and oxygen atoms in total. The molecule has 176 valence electrons. The molecule has 1 saturated heterocycles. The van der Waals surface area contributed by atoms with Crippen molar-refractivity contribution in [2.24, 2.45) is 0 Å². The van der Waals surface area contributed by atoms with Gasteiger partial charge in [-0.1, -0.05) is 39.0 Å². The van der Waals surface area contributed by atoms with E-state index in [9.17, 15) is 4.79 Å². The summed E-state index contributed by atoms with van der Waals surface area (Å²) in [5, 5.41) is 0. The molecule has 5 heteroatoms. The molecule has 4 rings (SSSR count). The summed E-state index contributed by atoms with van der Waals surface area (Å²) in [4.78, 5) is 15.2. The third kappa shape index (κ3) is 4.39. The molecule has 0 unspecified atom stereocenters. The molecule has 0 amide bonds. The van der Waals surface area contributed by atoms with Gasteiger partial charge >= 0.3 is 5.97 Å². The van der Waals surface area contributed by atoms with Gasteiger partial charge in [-0.2, -0.15) is 0 Å². The fraction of sp³-hybridized carbons (Fsp3) is 0.464. The molecule has 2 atom stereocenters.